The molecule has 1 fully saturated rings. The van der Waals surface area contributed by atoms with Gasteiger partial charge in [-0.25, -0.2) is 0 Å². The second kappa shape index (κ2) is 14.6. The van der Waals surface area contributed by atoms with Crippen molar-refractivity contribution in [3.05, 3.63) is 60.2 Å². The smallest absolute Gasteiger partial charge is 0.157 e. The van der Waals surface area contributed by atoms with Crippen LogP contribution in [0.3, 0.4) is 0 Å². The molecule has 2 nitrogen and oxygen atoms in total. The molecule has 0 aliphatic carbocycles. The highest BCUT2D eigenvalue weighted by Crippen LogP contribution is 2.18. The molecule has 0 saturated carbocycles. The van der Waals surface area contributed by atoms with Crippen molar-refractivity contribution in [2.24, 2.45) is 5.92 Å². The third kappa shape index (κ3) is 9.71. The third-order valence-electron chi connectivity index (χ3n) is 5.71. The molecule has 0 radical (unpaired) electrons. The molecule has 28 heavy (non-hydrogen) atoms. The summed E-state index contributed by atoms with van der Waals surface area (Å²) in [6.45, 7) is 7.95. The fourth-order valence-corrected chi connectivity index (χ4v) is 3.78. The number of hydrogen-bond donors (Lipinski definition) is 0. The lowest BCUT2D eigenvalue weighted by atomic mass is 9.95. The molecule has 0 N–H and O–H groups in total. The molecule has 1 aromatic carbocycles. The van der Waals surface area contributed by atoms with Crippen LogP contribution in [0.25, 0.3) is 0 Å². The van der Waals surface area contributed by atoms with E-state index < -0.39 is 0 Å². The molecule has 2 rings (SSSR count). The Balaban J connectivity index is 1.46. The number of rotatable bonds is 14. The fraction of sp³-hybridized carbons (Fsp3) is 0.615. The quantitative estimate of drug-likeness (QED) is 0.250. The molecule has 156 valence electrons. The summed E-state index contributed by atoms with van der Waals surface area (Å²) < 4.78 is 11.4. The third-order valence-corrected chi connectivity index (χ3v) is 5.71. The van der Waals surface area contributed by atoms with E-state index in [-0.39, 0.29) is 6.29 Å². The van der Waals surface area contributed by atoms with Gasteiger partial charge in [-0.1, -0.05) is 61.8 Å². The van der Waals surface area contributed by atoms with Crippen LogP contribution in [-0.4, -0.2) is 19.5 Å². The SMILES string of the molecule is C=CC(CC/C=C/Cc1ccccc1C)CCCCCCOC1CCCCO1. The maximum Gasteiger partial charge on any atom is 0.157 e. The van der Waals surface area contributed by atoms with E-state index in [1.165, 1.54) is 56.1 Å². The van der Waals surface area contributed by atoms with Gasteiger partial charge in [0.2, 0.25) is 0 Å². The Bertz CT molecular complexity index is 557. The van der Waals surface area contributed by atoms with Crippen molar-refractivity contribution in [3.8, 4) is 0 Å². The van der Waals surface area contributed by atoms with Crippen LogP contribution in [0.5, 0.6) is 0 Å². The molecule has 2 heteroatoms. The van der Waals surface area contributed by atoms with Gasteiger partial charge in [0, 0.05) is 13.2 Å². The highest BCUT2D eigenvalue weighted by molar-refractivity contribution is 5.27. The van der Waals surface area contributed by atoms with Gasteiger partial charge >= 0.3 is 0 Å². The number of ether oxygens (including phenoxy) is 2. The van der Waals surface area contributed by atoms with E-state index in [1.807, 2.05) is 0 Å². The summed E-state index contributed by atoms with van der Waals surface area (Å²) in [5.74, 6) is 0.648. The zero-order valence-electron chi connectivity index (χ0n) is 17.9. The maximum atomic E-state index is 5.80. The Kier molecular flexibility index (Phi) is 11.9. The molecule has 2 unspecified atom stereocenters. The first kappa shape index (κ1) is 22.9. The monoisotopic (exact) mass is 384 g/mol. The number of benzene rings is 1. The minimum absolute atomic E-state index is 0.0674. The van der Waals surface area contributed by atoms with Gasteiger partial charge in [-0.3, -0.25) is 0 Å². The summed E-state index contributed by atoms with van der Waals surface area (Å²) in [6, 6.07) is 8.64. The molecule has 1 saturated heterocycles. The summed E-state index contributed by atoms with van der Waals surface area (Å²) >= 11 is 0. The Morgan fingerprint density at radius 2 is 1.96 bits per heavy atom. The highest BCUT2D eigenvalue weighted by Gasteiger charge is 2.13. The van der Waals surface area contributed by atoms with E-state index in [4.69, 9.17) is 9.47 Å². The molecule has 0 spiro atoms. The van der Waals surface area contributed by atoms with E-state index >= 15 is 0 Å². The van der Waals surface area contributed by atoms with E-state index in [1.54, 1.807) is 0 Å². The summed E-state index contributed by atoms with van der Waals surface area (Å²) in [5, 5.41) is 0. The van der Waals surface area contributed by atoms with Gasteiger partial charge in [-0.2, -0.15) is 0 Å². The van der Waals surface area contributed by atoms with E-state index in [0.29, 0.717) is 5.92 Å². The van der Waals surface area contributed by atoms with Crippen LogP contribution < -0.4 is 0 Å². The first-order valence-corrected chi connectivity index (χ1v) is 11.3. The number of unbranched alkanes of at least 4 members (excludes halogenated alkanes) is 3. The second-order valence-corrected chi connectivity index (χ2v) is 8.04. The van der Waals surface area contributed by atoms with Gasteiger partial charge < -0.3 is 9.47 Å². The van der Waals surface area contributed by atoms with E-state index in [9.17, 15) is 0 Å². The van der Waals surface area contributed by atoms with Crippen LogP contribution in [0, 0.1) is 12.8 Å². The second-order valence-electron chi connectivity index (χ2n) is 8.04. The average Bonchev–Trinajstić information content (AvgIpc) is 2.73. The number of hydrogen-bond acceptors (Lipinski definition) is 2. The first-order chi connectivity index (χ1) is 13.8. The van der Waals surface area contributed by atoms with Gasteiger partial charge in [-0.05, 0) is 75.3 Å². The molecular weight excluding hydrogens is 344 g/mol. The normalized spacial score (nSPS) is 18.4. The van der Waals surface area contributed by atoms with Gasteiger partial charge in [0.05, 0.1) is 0 Å². The lowest BCUT2D eigenvalue weighted by Gasteiger charge is -2.22. The largest absolute Gasteiger partial charge is 0.353 e. The van der Waals surface area contributed by atoms with Crippen LogP contribution in [-0.2, 0) is 15.9 Å². The van der Waals surface area contributed by atoms with Crippen molar-refractivity contribution < 1.29 is 9.47 Å². The van der Waals surface area contributed by atoms with Crippen LogP contribution in [0.1, 0.15) is 75.3 Å². The van der Waals surface area contributed by atoms with Crippen molar-refractivity contribution in [1.29, 1.82) is 0 Å². The summed E-state index contributed by atoms with van der Waals surface area (Å²) in [4.78, 5) is 0. The van der Waals surface area contributed by atoms with Crippen molar-refractivity contribution >= 4 is 0 Å². The van der Waals surface area contributed by atoms with Gasteiger partial charge in [0.25, 0.3) is 0 Å². The maximum absolute atomic E-state index is 5.80. The predicted octanol–water partition coefficient (Wildman–Crippen LogP) is 7.17. The van der Waals surface area contributed by atoms with E-state index in [2.05, 4.69) is 56.0 Å². The zero-order valence-corrected chi connectivity index (χ0v) is 17.9. The van der Waals surface area contributed by atoms with E-state index in [0.717, 1.165) is 38.9 Å². The highest BCUT2D eigenvalue weighted by atomic mass is 16.7. The summed E-state index contributed by atoms with van der Waals surface area (Å²) in [5.41, 5.74) is 2.81. The van der Waals surface area contributed by atoms with Crippen molar-refractivity contribution in [2.45, 2.75) is 83.8 Å². The Hall–Kier alpha value is -1.38. The molecular formula is C26H40O2. The van der Waals surface area contributed by atoms with Crippen LogP contribution in [0.15, 0.2) is 49.1 Å². The van der Waals surface area contributed by atoms with Crippen LogP contribution in [0.4, 0.5) is 0 Å². The van der Waals surface area contributed by atoms with Crippen LogP contribution in [0.2, 0.25) is 0 Å². The summed E-state index contributed by atoms with van der Waals surface area (Å²) in [7, 11) is 0. The Labute approximate surface area is 173 Å². The minimum Gasteiger partial charge on any atom is -0.353 e. The minimum atomic E-state index is 0.0674. The molecule has 0 bridgehead atoms. The summed E-state index contributed by atoms with van der Waals surface area (Å²) in [6.07, 6.45) is 20.1. The topological polar surface area (TPSA) is 18.5 Å². The van der Waals surface area contributed by atoms with Crippen LogP contribution >= 0.6 is 0 Å². The van der Waals surface area contributed by atoms with Crippen molar-refractivity contribution in [2.75, 3.05) is 13.2 Å². The molecule has 1 aliphatic rings. The lowest BCUT2D eigenvalue weighted by Crippen LogP contribution is -2.22. The lowest BCUT2D eigenvalue weighted by molar-refractivity contribution is -0.162. The first-order valence-electron chi connectivity index (χ1n) is 11.3. The standard InChI is InChI=1S/C26H40O2/c1-3-24(17-8-6-9-18-25-19-11-10-15-23(25)2)16-7-4-5-13-21-27-26-20-12-14-22-28-26/h3,6,9-11,15,19,24,26H,1,4-5,7-8,12-14,16-18,20-22H2,2H3/b9-6+. The van der Waals surface area contributed by atoms with Gasteiger partial charge in [0.1, 0.15) is 0 Å². The Morgan fingerprint density at radius 1 is 1.11 bits per heavy atom. The molecule has 1 heterocycles. The molecule has 1 aromatic rings. The number of allylic oxidation sites excluding steroid dienone is 3. The molecule has 0 aromatic heterocycles. The van der Waals surface area contributed by atoms with Gasteiger partial charge in [0.15, 0.2) is 6.29 Å². The van der Waals surface area contributed by atoms with Crippen molar-refractivity contribution in [3.63, 3.8) is 0 Å². The molecule has 0 amide bonds. The van der Waals surface area contributed by atoms with Gasteiger partial charge in [-0.15, -0.1) is 6.58 Å². The molecule has 2 atom stereocenters. The average molecular weight is 385 g/mol. The Morgan fingerprint density at radius 3 is 2.75 bits per heavy atom. The predicted molar refractivity (Wildman–Crippen MR) is 120 cm³/mol. The number of aryl methyl sites for hydroxylation is 1. The molecule has 1 aliphatic heterocycles. The van der Waals surface area contributed by atoms with Crippen molar-refractivity contribution in [1.82, 2.24) is 0 Å². The zero-order chi connectivity index (χ0) is 19.9. The fourth-order valence-electron chi connectivity index (χ4n) is 3.78.